The van der Waals surface area contributed by atoms with Gasteiger partial charge in [-0.1, -0.05) is 11.8 Å². The normalized spacial score (nSPS) is 10.0. The fourth-order valence-electron chi connectivity index (χ4n) is 1.36. The lowest BCUT2D eigenvalue weighted by molar-refractivity contribution is 0.561. The molecule has 76 valence electrons. The topological polar surface area (TPSA) is 38.1 Å². The Morgan fingerprint density at radius 3 is 3.13 bits per heavy atom. The number of fused-ring (bicyclic) bond motifs is 1. The number of nitrogens with zero attached hydrogens (tertiary/aromatic N) is 1. The minimum atomic E-state index is 0.685. The zero-order valence-electron chi connectivity index (χ0n) is 8.79. The molecular formula is C12H12N2O. The van der Waals surface area contributed by atoms with Crippen LogP contribution in [0, 0.1) is 18.8 Å². The Bertz CT molecular complexity index is 531. The molecule has 1 heterocycles. The summed E-state index contributed by atoms with van der Waals surface area (Å²) >= 11 is 0. The maximum atomic E-state index is 5.38. The standard InChI is InChI=1S/C12H12N2O/c1-9-14-11-8-10(4-3-7-13-2)5-6-12(11)15-9/h5-6,8,13H,7H2,1-2H3. The third-order valence-corrected chi connectivity index (χ3v) is 1.99. The predicted molar refractivity (Wildman–Crippen MR) is 59.6 cm³/mol. The molecule has 0 atom stereocenters. The molecule has 0 aliphatic rings. The van der Waals surface area contributed by atoms with Gasteiger partial charge in [0.05, 0.1) is 6.54 Å². The number of benzene rings is 1. The van der Waals surface area contributed by atoms with E-state index in [4.69, 9.17) is 4.42 Å². The van der Waals surface area contributed by atoms with E-state index in [9.17, 15) is 0 Å². The molecule has 0 bridgehead atoms. The molecule has 0 fully saturated rings. The van der Waals surface area contributed by atoms with Gasteiger partial charge in [0.25, 0.3) is 0 Å². The van der Waals surface area contributed by atoms with Crippen LogP contribution in [0.4, 0.5) is 0 Å². The highest BCUT2D eigenvalue weighted by atomic mass is 16.3. The monoisotopic (exact) mass is 200 g/mol. The van der Waals surface area contributed by atoms with Crippen molar-refractivity contribution in [3.63, 3.8) is 0 Å². The number of aromatic nitrogens is 1. The van der Waals surface area contributed by atoms with E-state index in [1.54, 1.807) is 0 Å². The average Bonchev–Trinajstić information content (AvgIpc) is 2.57. The van der Waals surface area contributed by atoms with Crippen LogP contribution >= 0.6 is 0 Å². The van der Waals surface area contributed by atoms with Crippen molar-refractivity contribution in [1.82, 2.24) is 10.3 Å². The smallest absolute Gasteiger partial charge is 0.192 e. The van der Waals surface area contributed by atoms with E-state index in [0.29, 0.717) is 12.4 Å². The maximum Gasteiger partial charge on any atom is 0.192 e. The van der Waals surface area contributed by atoms with Crippen molar-refractivity contribution in [2.75, 3.05) is 13.6 Å². The predicted octanol–water partition coefficient (Wildman–Crippen LogP) is 1.71. The lowest BCUT2D eigenvalue weighted by Gasteiger charge is -1.89. The quantitative estimate of drug-likeness (QED) is 0.712. The lowest BCUT2D eigenvalue weighted by Crippen LogP contribution is -2.04. The van der Waals surface area contributed by atoms with Gasteiger partial charge in [-0.15, -0.1) is 0 Å². The number of aryl methyl sites for hydroxylation is 1. The van der Waals surface area contributed by atoms with Crippen LogP contribution in [0.25, 0.3) is 11.1 Å². The largest absolute Gasteiger partial charge is 0.441 e. The molecule has 0 radical (unpaired) electrons. The second-order valence-electron chi connectivity index (χ2n) is 3.25. The highest BCUT2D eigenvalue weighted by Gasteiger charge is 2.01. The van der Waals surface area contributed by atoms with E-state index >= 15 is 0 Å². The van der Waals surface area contributed by atoms with E-state index in [-0.39, 0.29) is 0 Å². The second-order valence-corrected chi connectivity index (χ2v) is 3.25. The van der Waals surface area contributed by atoms with Crippen molar-refractivity contribution in [2.45, 2.75) is 6.92 Å². The van der Waals surface area contributed by atoms with Gasteiger partial charge in [-0.25, -0.2) is 4.98 Å². The van der Waals surface area contributed by atoms with Crippen molar-refractivity contribution < 1.29 is 4.42 Å². The first-order chi connectivity index (χ1) is 7.29. The first kappa shape index (κ1) is 9.75. The Morgan fingerprint density at radius 2 is 2.33 bits per heavy atom. The number of nitrogens with one attached hydrogen (secondary N) is 1. The van der Waals surface area contributed by atoms with E-state index in [0.717, 1.165) is 16.7 Å². The molecule has 0 aliphatic heterocycles. The van der Waals surface area contributed by atoms with Crippen molar-refractivity contribution >= 4 is 11.1 Å². The third-order valence-electron chi connectivity index (χ3n) is 1.99. The summed E-state index contributed by atoms with van der Waals surface area (Å²) < 4.78 is 5.38. The van der Waals surface area contributed by atoms with Gasteiger partial charge in [0.2, 0.25) is 0 Å². The Hall–Kier alpha value is -1.79. The molecule has 0 saturated heterocycles. The van der Waals surface area contributed by atoms with Gasteiger partial charge in [0, 0.05) is 12.5 Å². The van der Waals surface area contributed by atoms with E-state index < -0.39 is 0 Å². The van der Waals surface area contributed by atoms with Gasteiger partial charge in [0.15, 0.2) is 11.5 Å². The third kappa shape index (κ3) is 2.17. The van der Waals surface area contributed by atoms with Crippen molar-refractivity contribution in [1.29, 1.82) is 0 Å². The molecule has 0 spiro atoms. The van der Waals surface area contributed by atoms with Crippen molar-refractivity contribution in [3.8, 4) is 11.8 Å². The van der Waals surface area contributed by atoms with Crippen LogP contribution in [0.15, 0.2) is 22.6 Å². The van der Waals surface area contributed by atoms with E-state index in [1.165, 1.54) is 0 Å². The zero-order valence-corrected chi connectivity index (χ0v) is 8.79. The molecule has 0 unspecified atom stereocenters. The number of hydrogen-bond acceptors (Lipinski definition) is 3. The molecule has 1 aromatic heterocycles. The van der Waals surface area contributed by atoms with Crippen LogP contribution in [0.2, 0.25) is 0 Å². The molecular weight excluding hydrogens is 188 g/mol. The Morgan fingerprint density at radius 1 is 1.47 bits per heavy atom. The fraction of sp³-hybridized carbons (Fsp3) is 0.250. The van der Waals surface area contributed by atoms with Gasteiger partial charge in [-0.2, -0.15) is 0 Å². The minimum Gasteiger partial charge on any atom is -0.441 e. The van der Waals surface area contributed by atoms with Crippen molar-refractivity contribution in [3.05, 3.63) is 29.7 Å². The van der Waals surface area contributed by atoms with Crippen LogP contribution in [-0.4, -0.2) is 18.6 Å². The molecule has 0 amide bonds. The summed E-state index contributed by atoms with van der Waals surface area (Å²) in [5.41, 5.74) is 2.64. The van der Waals surface area contributed by atoms with Gasteiger partial charge in [-0.05, 0) is 25.2 Å². The maximum absolute atomic E-state index is 5.38. The van der Waals surface area contributed by atoms with Crippen LogP contribution in [0.5, 0.6) is 0 Å². The highest BCUT2D eigenvalue weighted by Crippen LogP contribution is 2.15. The molecule has 3 nitrogen and oxygen atoms in total. The number of oxazole rings is 1. The summed E-state index contributed by atoms with van der Waals surface area (Å²) in [6.45, 7) is 2.53. The Kier molecular flexibility index (Phi) is 2.70. The molecule has 2 aromatic rings. The van der Waals surface area contributed by atoms with Crippen LogP contribution in [-0.2, 0) is 0 Å². The van der Waals surface area contributed by atoms with Gasteiger partial charge < -0.3 is 9.73 Å². The Labute approximate surface area is 88.5 Å². The van der Waals surface area contributed by atoms with E-state index in [1.807, 2.05) is 32.2 Å². The lowest BCUT2D eigenvalue weighted by atomic mass is 10.2. The fourth-order valence-corrected chi connectivity index (χ4v) is 1.36. The summed E-state index contributed by atoms with van der Waals surface area (Å²) in [5, 5.41) is 2.97. The first-order valence-corrected chi connectivity index (χ1v) is 4.80. The molecule has 15 heavy (non-hydrogen) atoms. The summed E-state index contributed by atoms with van der Waals surface area (Å²) in [4.78, 5) is 4.25. The molecule has 0 saturated carbocycles. The average molecular weight is 200 g/mol. The SMILES string of the molecule is CNCC#Cc1ccc2oc(C)nc2c1. The van der Waals surface area contributed by atoms with E-state index in [2.05, 4.69) is 22.1 Å². The number of rotatable bonds is 1. The van der Waals surface area contributed by atoms with Gasteiger partial charge in [0.1, 0.15) is 5.52 Å². The molecule has 1 N–H and O–H groups in total. The van der Waals surface area contributed by atoms with Gasteiger partial charge >= 0.3 is 0 Å². The molecule has 0 aliphatic carbocycles. The number of hydrogen-bond donors (Lipinski definition) is 1. The highest BCUT2D eigenvalue weighted by molar-refractivity contribution is 5.74. The summed E-state index contributed by atoms with van der Waals surface area (Å²) in [6, 6.07) is 5.78. The summed E-state index contributed by atoms with van der Waals surface area (Å²) in [5.74, 6) is 6.74. The second kappa shape index (κ2) is 4.16. The van der Waals surface area contributed by atoms with Crippen LogP contribution in [0.1, 0.15) is 11.5 Å². The summed E-state index contributed by atoms with van der Waals surface area (Å²) in [6.07, 6.45) is 0. The van der Waals surface area contributed by atoms with Crippen molar-refractivity contribution in [2.24, 2.45) is 0 Å². The molecule has 1 aromatic carbocycles. The molecule has 3 heteroatoms. The Balaban J connectivity index is 2.35. The zero-order chi connectivity index (χ0) is 10.7. The summed E-state index contributed by atoms with van der Waals surface area (Å²) in [7, 11) is 1.87. The van der Waals surface area contributed by atoms with Crippen LogP contribution < -0.4 is 5.32 Å². The van der Waals surface area contributed by atoms with Gasteiger partial charge in [-0.3, -0.25) is 0 Å². The van der Waals surface area contributed by atoms with Crippen LogP contribution in [0.3, 0.4) is 0 Å². The first-order valence-electron chi connectivity index (χ1n) is 4.80. The minimum absolute atomic E-state index is 0.685. The molecule has 2 rings (SSSR count).